The summed E-state index contributed by atoms with van der Waals surface area (Å²) < 4.78 is 0. The van der Waals surface area contributed by atoms with Crippen LogP contribution in [0, 0.1) is 12.8 Å². The molecule has 1 unspecified atom stereocenters. The summed E-state index contributed by atoms with van der Waals surface area (Å²) in [6.07, 6.45) is 6.33. The van der Waals surface area contributed by atoms with Crippen LogP contribution in [0.1, 0.15) is 49.7 Å². The molecule has 1 atom stereocenters. The Balaban J connectivity index is 2.06. The summed E-state index contributed by atoms with van der Waals surface area (Å²) in [6, 6.07) is 3.72. The largest absolute Gasteiger partial charge is 0.375 e. The summed E-state index contributed by atoms with van der Waals surface area (Å²) in [4.78, 5) is 12.4. The maximum absolute atomic E-state index is 12.4. The lowest BCUT2D eigenvalue weighted by Crippen LogP contribution is -2.41. The molecule has 2 N–H and O–H groups in total. The predicted octanol–water partition coefficient (Wildman–Crippen LogP) is 3.76. The van der Waals surface area contributed by atoms with E-state index in [9.17, 15) is 9.90 Å². The topological polar surface area (TPSA) is 49.3 Å². The predicted molar refractivity (Wildman–Crippen MR) is 79.9 cm³/mol. The lowest BCUT2D eigenvalue weighted by molar-refractivity contribution is -0.140. The van der Waals surface area contributed by atoms with Crippen molar-refractivity contribution in [3.63, 3.8) is 0 Å². The van der Waals surface area contributed by atoms with Crippen LogP contribution in [-0.2, 0) is 10.4 Å². The van der Waals surface area contributed by atoms with Gasteiger partial charge in [0.25, 0.3) is 5.91 Å². The Morgan fingerprint density at radius 3 is 2.55 bits per heavy atom. The van der Waals surface area contributed by atoms with Gasteiger partial charge in [0, 0.05) is 11.5 Å². The maximum atomic E-state index is 12.4. The van der Waals surface area contributed by atoms with Crippen molar-refractivity contribution in [2.24, 2.45) is 5.92 Å². The fourth-order valence-electron chi connectivity index (χ4n) is 3.55. The first-order valence-corrected chi connectivity index (χ1v) is 7.76. The number of carbonyl (C=O) groups is 1. The Morgan fingerprint density at radius 1 is 1.25 bits per heavy atom. The Bertz CT molecular complexity index is 550. The average molecular weight is 294 g/mol. The van der Waals surface area contributed by atoms with E-state index in [0.29, 0.717) is 16.3 Å². The molecular formula is C16H20ClNO2. The van der Waals surface area contributed by atoms with E-state index in [0.717, 1.165) is 31.2 Å². The van der Waals surface area contributed by atoms with Gasteiger partial charge < -0.3 is 10.4 Å². The van der Waals surface area contributed by atoms with Gasteiger partial charge in [-0.25, -0.2) is 0 Å². The number of carbonyl (C=O) groups excluding carboxylic acids is 1. The first kappa shape index (κ1) is 13.9. The van der Waals surface area contributed by atoms with E-state index in [2.05, 4.69) is 5.32 Å². The van der Waals surface area contributed by atoms with Gasteiger partial charge in [-0.15, -0.1) is 0 Å². The fourth-order valence-corrected chi connectivity index (χ4v) is 3.77. The molecule has 20 heavy (non-hydrogen) atoms. The number of rotatable bonds is 1. The van der Waals surface area contributed by atoms with E-state index in [1.165, 1.54) is 12.8 Å². The van der Waals surface area contributed by atoms with Crippen molar-refractivity contribution in [1.82, 2.24) is 0 Å². The Hall–Kier alpha value is -1.06. The van der Waals surface area contributed by atoms with Gasteiger partial charge in [-0.3, -0.25) is 4.79 Å². The summed E-state index contributed by atoms with van der Waals surface area (Å²) in [5.41, 5.74) is 0.765. The minimum atomic E-state index is -1.41. The van der Waals surface area contributed by atoms with Gasteiger partial charge in [0.15, 0.2) is 5.60 Å². The number of anilines is 1. The van der Waals surface area contributed by atoms with E-state index in [-0.39, 0.29) is 11.8 Å². The summed E-state index contributed by atoms with van der Waals surface area (Å²) in [5.74, 6) is -0.322. The van der Waals surface area contributed by atoms with Gasteiger partial charge in [0.05, 0.1) is 10.7 Å². The zero-order chi connectivity index (χ0) is 14.3. The van der Waals surface area contributed by atoms with E-state index >= 15 is 0 Å². The van der Waals surface area contributed by atoms with Crippen LogP contribution in [0.2, 0.25) is 5.02 Å². The number of amides is 1. The van der Waals surface area contributed by atoms with Crippen molar-refractivity contribution in [2.45, 2.75) is 51.0 Å². The molecule has 3 rings (SSSR count). The number of benzene rings is 1. The Labute approximate surface area is 124 Å². The number of aliphatic hydroxyl groups is 1. The third-order valence-electron chi connectivity index (χ3n) is 4.78. The second kappa shape index (κ2) is 5.05. The summed E-state index contributed by atoms with van der Waals surface area (Å²) in [5, 5.41) is 14.4. The zero-order valence-corrected chi connectivity index (χ0v) is 12.5. The van der Waals surface area contributed by atoms with E-state index in [1.54, 1.807) is 0 Å². The zero-order valence-electron chi connectivity index (χ0n) is 11.7. The Morgan fingerprint density at radius 2 is 1.90 bits per heavy atom. The first-order valence-electron chi connectivity index (χ1n) is 7.38. The maximum Gasteiger partial charge on any atom is 0.261 e. The highest BCUT2D eigenvalue weighted by molar-refractivity contribution is 6.35. The molecule has 1 aliphatic heterocycles. The lowest BCUT2D eigenvalue weighted by atomic mass is 9.78. The fraction of sp³-hybridized carbons (Fsp3) is 0.562. The van der Waals surface area contributed by atoms with Crippen LogP contribution >= 0.6 is 11.6 Å². The third-order valence-corrected chi connectivity index (χ3v) is 5.26. The average Bonchev–Trinajstić information content (AvgIpc) is 2.65. The molecule has 0 aromatic heterocycles. The van der Waals surface area contributed by atoms with E-state index < -0.39 is 5.60 Å². The molecular weight excluding hydrogens is 274 g/mol. The molecule has 0 spiro atoms. The molecule has 1 heterocycles. The lowest BCUT2D eigenvalue weighted by Gasteiger charge is -2.30. The van der Waals surface area contributed by atoms with E-state index in [4.69, 9.17) is 11.6 Å². The number of aryl methyl sites for hydroxylation is 1. The van der Waals surface area contributed by atoms with Gasteiger partial charge in [-0.2, -0.15) is 0 Å². The van der Waals surface area contributed by atoms with Gasteiger partial charge in [0.2, 0.25) is 0 Å². The van der Waals surface area contributed by atoms with Crippen molar-refractivity contribution in [3.05, 3.63) is 28.3 Å². The van der Waals surface area contributed by atoms with Crippen LogP contribution in [0.3, 0.4) is 0 Å². The number of nitrogens with one attached hydrogen (secondary N) is 1. The molecule has 2 aliphatic rings. The molecule has 3 nitrogen and oxygen atoms in total. The number of hydrogen-bond acceptors (Lipinski definition) is 2. The number of halogens is 1. The summed E-state index contributed by atoms with van der Waals surface area (Å²) >= 11 is 6.28. The van der Waals surface area contributed by atoms with E-state index in [1.807, 2.05) is 19.1 Å². The molecule has 108 valence electrons. The van der Waals surface area contributed by atoms with Crippen LogP contribution in [0.15, 0.2) is 12.1 Å². The van der Waals surface area contributed by atoms with Crippen LogP contribution < -0.4 is 5.32 Å². The molecule has 0 radical (unpaired) electrons. The highest BCUT2D eigenvalue weighted by atomic mass is 35.5. The summed E-state index contributed by atoms with van der Waals surface area (Å²) in [6.45, 7) is 1.90. The molecule has 1 aliphatic carbocycles. The Kier molecular flexibility index (Phi) is 3.51. The first-order chi connectivity index (χ1) is 9.55. The molecule has 0 bridgehead atoms. The van der Waals surface area contributed by atoms with Crippen LogP contribution in [0.5, 0.6) is 0 Å². The number of fused-ring (bicyclic) bond motifs is 1. The second-order valence-electron chi connectivity index (χ2n) is 6.03. The molecule has 1 aromatic carbocycles. The molecule has 1 saturated carbocycles. The van der Waals surface area contributed by atoms with Crippen molar-refractivity contribution in [2.75, 3.05) is 5.32 Å². The standard InChI is InChI=1S/C16H20ClNO2/c1-10-8-9-12-14(13(10)17)18-15(19)16(12,20)11-6-4-2-3-5-7-11/h8-9,11,20H,2-7H2,1H3,(H,18,19). The molecule has 4 heteroatoms. The molecule has 1 amide bonds. The molecule has 0 saturated heterocycles. The highest BCUT2D eigenvalue weighted by Gasteiger charge is 2.51. The third kappa shape index (κ3) is 1.95. The van der Waals surface area contributed by atoms with Crippen LogP contribution in [0.25, 0.3) is 0 Å². The SMILES string of the molecule is Cc1ccc2c(c1Cl)NC(=O)C2(O)C1CCCCCC1. The van der Waals surface area contributed by atoms with Crippen LogP contribution in [-0.4, -0.2) is 11.0 Å². The molecule has 1 fully saturated rings. The monoisotopic (exact) mass is 293 g/mol. The normalized spacial score (nSPS) is 27.1. The van der Waals surface area contributed by atoms with Gasteiger partial charge in [-0.1, -0.05) is 49.4 Å². The van der Waals surface area contributed by atoms with Crippen molar-refractivity contribution < 1.29 is 9.90 Å². The van der Waals surface area contributed by atoms with Gasteiger partial charge in [0.1, 0.15) is 0 Å². The minimum absolute atomic E-state index is 0.00924. The summed E-state index contributed by atoms with van der Waals surface area (Å²) in [7, 11) is 0. The van der Waals surface area contributed by atoms with Crippen molar-refractivity contribution in [3.8, 4) is 0 Å². The highest BCUT2D eigenvalue weighted by Crippen LogP contribution is 2.48. The number of hydrogen-bond donors (Lipinski definition) is 2. The second-order valence-corrected chi connectivity index (χ2v) is 6.41. The van der Waals surface area contributed by atoms with Crippen molar-refractivity contribution in [1.29, 1.82) is 0 Å². The van der Waals surface area contributed by atoms with Crippen molar-refractivity contribution >= 4 is 23.2 Å². The quantitative estimate of drug-likeness (QED) is 0.775. The van der Waals surface area contributed by atoms with Gasteiger partial charge in [-0.05, 0) is 25.3 Å². The van der Waals surface area contributed by atoms with Crippen LogP contribution in [0.4, 0.5) is 5.69 Å². The smallest absolute Gasteiger partial charge is 0.261 e. The molecule has 1 aromatic rings. The minimum Gasteiger partial charge on any atom is -0.375 e. The van der Waals surface area contributed by atoms with Gasteiger partial charge >= 0.3 is 0 Å².